The van der Waals surface area contributed by atoms with Crippen molar-refractivity contribution >= 4 is 28.4 Å². The zero-order chi connectivity index (χ0) is 19.9. The lowest BCUT2D eigenvalue weighted by molar-refractivity contribution is -0.133. The topological polar surface area (TPSA) is 64.9 Å². The van der Waals surface area contributed by atoms with Gasteiger partial charge in [0.15, 0.2) is 0 Å². The van der Waals surface area contributed by atoms with Crippen LogP contribution in [0.15, 0.2) is 47.6 Å². The van der Waals surface area contributed by atoms with E-state index in [1.807, 2.05) is 31.2 Å². The molecule has 5 nitrogen and oxygen atoms in total. The Morgan fingerprint density at radius 2 is 2.18 bits per heavy atom. The van der Waals surface area contributed by atoms with Crippen LogP contribution >= 0.6 is 11.8 Å². The fourth-order valence-corrected chi connectivity index (χ4v) is 5.61. The Balaban J connectivity index is 1.89. The Kier molecular flexibility index (Phi) is 4.89. The molecule has 2 atom stereocenters. The first kappa shape index (κ1) is 19.0. The van der Waals surface area contributed by atoms with Crippen molar-refractivity contribution in [1.82, 2.24) is 5.01 Å². The average molecular weight is 399 g/mol. The summed E-state index contributed by atoms with van der Waals surface area (Å²) in [6, 6.07) is 12.7. The van der Waals surface area contributed by atoms with Crippen molar-refractivity contribution in [1.29, 1.82) is 0 Å². The van der Waals surface area contributed by atoms with Crippen LogP contribution in [0.5, 0.6) is 0 Å². The standard InChI is InChI=1S/C21H22FN3O2S/c1-13-7-8-18(22)16(11-13)20-24-25(14(2)27)21(28-20)15(9-10-26)12-23-19-6-4-3-5-17(19)21/h3-8,11,15,23,26H,9-10,12H2,1-2H3. The highest BCUT2D eigenvalue weighted by Crippen LogP contribution is 2.56. The zero-order valence-corrected chi connectivity index (χ0v) is 16.6. The molecule has 1 spiro atoms. The molecule has 146 valence electrons. The number of carbonyl (C=O) groups is 1. The third-order valence-corrected chi connectivity index (χ3v) is 6.82. The van der Waals surface area contributed by atoms with E-state index in [0.717, 1.165) is 16.8 Å². The molecule has 0 saturated carbocycles. The number of rotatable bonds is 3. The Hall–Kier alpha value is -2.38. The van der Waals surface area contributed by atoms with Crippen molar-refractivity contribution in [2.24, 2.45) is 11.0 Å². The molecular weight excluding hydrogens is 377 g/mol. The van der Waals surface area contributed by atoms with Crippen LogP contribution < -0.4 is 5.32 Å². The molecule has 28 heavy (non-hydrogen) atoms. The second kappa shape index (κ2) is 7.22. The number of thioether (sulfide) groups is 1. The number of carbonyl (C=O) groups excluding carboxylic acids is 1. The highest BCUT2D eigenvalue weighted by atomic mass is 32.2. The number of aliphatic hydroxyl groups excluding tert-OH is 1. The molecule has 1 amide bonds. The van der Waals surface area contributed by atoms with Crippen LogP contribution in [0.3, 0.4) is 0 Å². The summed E-state index contributed by atoms with van der Waals surface area (Å²) >= 11 is 1.40. The Morgan fingerprint density at radius 3 is 2.93 bits per heavy atom. The summed E-state index contributed by atoms with van der Waals surface area (Å²) in [5.74, 6) is -0.663. The molecule has 2 N–H and O–H groups in total. The van der Waals surface area contributed by atoms with E-state index < -0.39 is 4.87 Å². The predicted octanol–water partition coefficient (Wildman–Crippen LogP) is 3.67. The van der Waals surface area contributed by atoms with Gasteiger partial charge in [-0.15, -0.1) is 0 Å². The van der Waals surface area contributed by atoms with E-state index in [2.05, 4.69) is 10.4 Å². The molecule has 0 fully saturated rings. The van der Waals surface area contributed by atoms with Crippen LogP contribution in [0.25, 0.3) is 0 Å². The molecule has 2 aromatic carbocycles. The number of halogens is 1. The van der Waals surface area contributed by atoms with Crippen LogP contribution in [0.2, 0.25) is 0 Å². The second-order valence-electron chi connectivity index (χ2n) is 7.15. The number of hydrogen-bond acceptors (Lipinski definition) is 5. The SMILES string of the molecule is CC(=O)N1N=C(c2cc(C)ccc2F)SC12c1ccccc1NCC2CCO. The molecule has 2 aromatic rings. The maximum atomic E-state index is 14.6. The number of hydrazone groups is 1. The van der Waals surface area contributed by atoms with Gasteiger partial charge in [0, 0.05) is 42.8 Å². The van der Waals surface area contributed by atoms with E-state index in [1.165, 1.54) is 29.8 Å². The van der Waals surface area contributed by atoms with E-state index in [0.29, 0.717) is 23.6 Å². The Labute approximate surface area is 167 Å². The van der Waals surface area contributed by atoms with Crippen LogP contribution in [0.1, 0.15) is 30.0 Å². The maximum absolute atomic E-state index is 14.6. The molecule has 0 aromatic heterocycles. The lowest BCUT2D eigenvalue weighted by Gasteiger charge is -2.45. The first-order chi connectivity index (χ1) is 13.5. The molecule has 2 heterocycles. The number of benzene rings is 2. The smallest absolute Gasteiger partial charge is 0.241 e. The number of nitrogens with zero attached hydrogens (tertiary/aromatic N) is 2. The predicted molar refractivity (Wildman–Crippen MR) is 110 cm³/mol. The van der Waals surface area contributed by atoms with Gasteiger partial charge in [0.05, 0.1) is 0 Å². The third kappa shape index (κ3) is 2.89. The lowest BCUT2D eigenvalue weighted by Crippen LogP contribution is -2.51. The van der Waals surface area contributed by atoms with Gasteiger partial charge >= 0.3 is 0 Å². The van der Waals surface area contributed by atoms with E-state index in [9.17, 15) is 14.3 Å². The number of amides is 1. The summed E-state index contributed by atoms with van der Waals surface area (Å²) in [7, 11) is 0. The first-order valence-corrected chi connectivity index (χ1v) is 10.1. The highest BCUT2D eigenvalue weighted by molar-refractivity contribution is 8.15. The minimum absolute atomic E-state index is 0.00327. The minimum Gasteiger partial charge on any atom is -0.396 e. The molecule has 0 radical (unpaired) electrons. The Morgan fingerprint density at radius 1 is 1.39 bits per heavy atom. The van der Waals surface area contributed by atoms with Gasteiger partial charge in [0.2, 0.25) is 5.91 Å². The summed E-state index contributed by atoms with van der Waals surface area (Å²) < 4.78 is 14.6. The molecular formula is C21H22FN3O2S. The van der Waals surface area contributed by atoms with Crippen molar-refractivity contribution < 1.29 is 14.3 Å². The fraction of sp³-hybridized carbons (Fsp3) is 0.333. The summed E-state index contributed by atoms with van der Waals surface area (Å²) in [5, 5.41) is 19.6. The van der Waals surface area contributed by atoms with Gasteiger partial charge < -0.3 is 10.4 Å². The minimum atomic E-state index is -0.818. The zero-order valence-electron chi connectivity index (χ0n) is 15.8. The van der Waals surface area contributed by atoms with Crippen LogP contribution in [-0.2, 0) is 9.67 Å². The highest BCUT2D eigenvalue weighted by Gasteiger charge is 2.55. The number of hydrogen-bond donors (Lipinski definition) is 2. The molecule has 7 heteroatoms. The quantitative estimate of drug-likeness (QED) is 0.827. The van der Waals surface area contributed by atoms with Gasteiger partial charge in [0.25, 0.3) is 0 Å². The monoisotopic (exact) mass is 399 g/mol. The van der Waals surface area contributed by atoms with Gasteiger partial charge in [-0.1, -0.05) is 41.6 Å². The van der Waals surface area contributed by atoms with E-state index >= 15 is 0 Å². The van der Waals surface area contributed by atoms with Crippen molar-refractivity contribution in [3.63, 3.8) is 0 Å². The molecule has 2 unspecified atom stereocenters. The molecule has 2 aliphatic rings. The van der Waals surface area contributed by atoms with E-state index in [4.69, 9.17) is 0 Å². The largest absolute Gasteiger partial charge is 0.396 e. The summed E-state index contributed by atoms with van der Waals surface area (Å²) in [6.45, 7) is 3.96. The fourth-order valence-electron chi connectivity index (χ4n) is 4.01. The molecule has 0 saturated heterocycles. The first-order valence-electron chi connectivity index (χ1n) is 9.26. The summed E-state index contributed by atoms with van der Waals surface area (Å²) in [6.07, 6.45) is 0.497. The molecule has 2 aliphatic heterocycles. The number of fused-ring (bicyclic) bond motifs is 2. The van der Waals surface area contributed by atoms with Crippen LogP contribution in [-0.4, -0.2) is 34.2 Å². The number of para-hydroxylation sites is 1. The molecule has 0 aliphatic carbocycles. The van der Waals surface area contributed by atoms with Crippen molar-refractivity contribution in [2.75, 3.05) is 18.5 Å². The molecule has 0 bridgehead atoms. The maximum Gasteiger partial charge on any atom is 0.241 e. The van der Waals surface area contributed by atoms with Gasteiger partial charge in [0.1, 0.15) is 15.7 Å². The number of nitrogens with one attached hydrogen (secondary N) is 1. The third-order valence-electron chi connectivity index (χ3n) is 5.29. The van der Waals surface area contributed by atoms with Crippen molar-refractivity contribution in [3.05, 3.63) is 65.0 Å². The van der Waals surface area contributed by atoms with Gasteiger partial charge in [-0.05, 0) is 31.5 Å². The number of anilines is 1. The summed E-state index contributed by atoms with van der Waals surface area (Å²) in [4.78, 5) is 11.8. The van der Waals surface area contributed by atoms with Gasteiger partial charge in [-0.3, -0.25) is 4.79 Å². The average Bonchev–Trinajstić information content (AvgIpc) is 3.08. The molecule has 4 rings (SSSR count). The Bertz CT molecular complexity index is 964. The van der Waals surface area contributed by atoms with Crippen molar-refractivity contribution in [3.8, 4) is 0 Å². The van der Waals surface area contributed by atoms with Crippen LogP contribution in [0.4, 0.5) is 10.1 Å². The number of aryl methyl sites for hydroxylation is 1. The lowest BCUT2D eigenvalue weighted by atomic mass is 9.84. The second-order valence-corrected chi connectivity index (χ2v) is 8.37. The van der Waals surface area contributed by atoms with Gasteiger partial charge in [-0.2, -0.15) is 5.10 Å². The van der Waals surface area contributed by atoms with E-state index in [-0.39, 0.29) is 24.2 Å². The normalized spacial score (nSPS) is 23.4. The van der Waals surface area contributed by atoms with Crippen LogP contribution in [0, 0.1) is 18.7 Å². The summed E-state index contributed by atoms with van der Waals surface area (Å²) in [5.41, 5.74) is 3.17. The van der Waals surface area contributed by atoms with Gasteiger partial charge in [-0.25, -0.2) is 9.40 Å². The van der Waals surface area contributed by atoms with Crippen molar-refractivity contribution in [2.45, 2.75) is 25.1 Å². The van der Waals surface area contributed by atoms with E-state index in [1.54, 1.807) is 12.1 Å². The number of aliphatic hydroxyl groups is 1.